The quantitative estimate of drug-likeness (QED) is 0.851. The van der Waals surface area contributed by atoms with E-state index in [4.69, 9.17) is 5.73 Å². The lowest BCUT2D eigenvalue weighted by Gasteiger charge is -2.34. The highest BCUT2D eigenvalue weighted by molar-refractivity contribution is 7.12. The third-order valence-electron chi connectivity index (χ3n) is 3.47. The standard InChI is InChI=1S/C13H15N5O2S/c14-9-8-15-16-11(9)13(20)18-5-3-17(4-6-18)12(19)10-2-1-7-21-10/h1-2,7-8H,3-6,14H2,(H,15,16). The molecule has 0 aromatic carbocycles. The van der Waals surface area contributed by atoms with Crippen molar-refractivity contribution in [2.24, 2.45) is 0 Å². The van der Waals surface area contributed by atoms with Gasteiger partial charge in [-0.25, -0.2) is 0 Å². The number of nitrogen functional groups attached to an aromatic ring is 1. The lowest BCUT2D eigenvalue weighted by atomic mass is 10.2. The molecule has 0 saturated carbocycles. The van der Waals surface area contributed by atoms with Gasteiger partial charge in [0.25, 0.3) is 11.8 Å². The maximum atomic E-state index is 12.3. The number of thiophene rings is 1. The fourth-order valence-corrected chi connectivity index (χ4v) is 2.98. The number of nitrogens with one attached hydrogen (secondary N) is 1. The Labute approximate surface area is 125 Å². The summed E-state index contributed by atoms with van der Waals surface area (Å²) in [4.78, 5) is 28.7. The molecule has 110 valence electrons. The molecule has 3 rings (SSSR count). The van der Waals surface area contributed by atoms with Crippen LogP contribution in [0, 0.1) is 0 Å². The zero-order chi connectivity index (χ0) is 14.8. The number of carbonyl (C=O) groups excluding carboxylic acids is 2. The number of rotatable bonds is 2. The van der Waals surface area contributed by atoms with Crippen molar-refractivity contribution in [1.29, 1.82) is 0 Å². The van der Waals surface area contributed by atoms with Crippen molar-refractivity contribution in [3.8, 4) is 0 Å². The molecule has 1 fully saturated rings. The van der Waals surface area contributed by atoms with E-state index in [0.29, 0.717) is 37.6 Å². The van der Waals surface area contributed by atoms with Crippen molar-refractivity contribution in [3.63, 3.8) is 0 Å². The molecular weight excluding hydrogens is 290 g/mol. The van der Waals surface area contributed by atoms with Gasteiger partial charge in [0.1, 0.15) is 5.69 Å². The number of amides is 2. The second-order valence-electron chi connectivity index (χ2n) is 4.76. The summed E-state index contributed by atoms with van der Waals surface area (Å²) in [6.07, 6.45) is 1.42. The van der Waals surface area contributed by atoms with Crippen LogP contribution >= 0.6 is 11.3 Å². The maximum absolute atomic E-state index is 12.3. The van der Waals surface area contributed by atoms with Gasteiger partial charge < -0.3 is 15.5 Å². The summed E-state index contributed by atoms with van der Waals surface area (Å²) in [7, 11) is 0. The number of hydrogen-bond acceptors (Lipinski definition) is 5. The molecule has 2 amide bonds. The van der Waals surface area contributed by atoms with Crippen molar-refractivity contribution in [3.05, 3.63) is 34.3 Å². The SMILES string of the molecule is Nc1cn[nH]c1C(=O)N1CCN(C(=O)c2cccs2)CC1. The molecular formula is C13H15N5O2S. The van der Waals surface area contributed by atoms with Crippen LogP contribution in [0.4, 0.5) is 5.69 Å². The number of hydrogen-bond donors (Lipinski definition) is 2. The first kappa shape index (κ1) is 13.6. The summed E-state index contributed by atoms with van der Waals surface area (Å²) in [6.45, 7) is 2.04. The van der Waals surface area contributed by atoms with Crippen LogP contribution in [0.2, 0.25) is 0 Å². The van der Waals surface area contributed by atoms with Crippen molar-refractivity contribution in [2.75, 3.05) is 31.9 Å². The zero-order valence-corrected chi connectivity index (χ0v) is 12.1. The number of nitrogens with zero attached hydrogens (tertiary/aromatic N) is 3. The van der Waals surface area contributed by atoms with Crippen LogP contribution in [0.5, 0.6) is 0 Å². The summed E-state index contributed by atoms with van der Waals surface area (Å²) in [5.41, 5.74) is 6.34. The smallest absolute Gasteiger partial charge is 0.274 e. The number of carbonyl (C=O) groups is 2. The minimum atomic E-state index is -0.173. The van der Waals surface area contributed by atoms with Gasteiger partial charge in [-0.15, -0.1) is 11.3 Å². The van der Waals surface area contributed by atoms with Gasteiger partial charge >= 0.3 is 0 Å². The molecule has 8 heteroatoms. The Kier molecular flexibility index (Phi) is 3.61. The van der Waals surface area contributed by atoms with Crippen LogP contribution in [0.3, 0.4) is 0 Å². The van der Waals surface area contributed by atoms with Crippen LogP contribution in [0.15, 0.2) is 23.7 Å². The molecule has 1 saturated heterocycles. The molecule has 0 unspecified atom stereocenters. The van der Waals surface area contributed by atoms with Crippen LogP contribution in [-0.2, 0) is 0 Å². The van der Waals surface area contributed by atoms with E-state index in [1.807, 2.05) is 17.5 Å². The van der Waals surface area contributed by atoms with Gasteiger partial charge in [-0.1, -0.05) is 6.07 Å². The van der Waals surface area contributed by atoms with E-state index in [1.165, 1.54) is 17.5 Å². The topological polar surface area (TPSA) is 95.3 Å². The molecule has 1 aliphatic rings. The second-order valence-corrected chi connectivity index (χ2v) is 5.71. The van der Waals surface area contributed by atoms with Crippen molar-refractivity contribution >= 4 is 28.8 Å². The Bertz CT molecular complexity index is 643. The van der Waals surface area contributed by atoms with E-state index in [0.717, 1.165) is 4.88 Å². The van der Waals surface area contributed by atoms with E-state index in [-0.39, 0.29) is 11.8 Å². The summed E-state index contributed by atoms with van der Waals surface area (Å²) < 4.78 is 0. The minimum absolute atomic E-state index is 0.0261. The molecule has 0 atom stereocenters. The first-order chi connectivity index (χ1) is 10.2. The summed E-state index contributed by atoms with van der Waals surface area (Å²) in [5, 5.41) is 8.25. The highest BCUT2D eigenvalue weighted by Gasteiger charge is 2.27. The zero-order valence-electron chi connectivity index (χ0n) is 11.3. The summed E-state index contributed by atoms with van der Waals surface area (Å²) >= 11 is 1.43. The fraction of sp³-hybridized carbons (Fsp3) is 0.308. The molecule has 0 spiro atoms. The normalized spacial score (nSPS) is 15.2. The Morgan fingerprint density at radius 3 is 2.38 bits per heavy atom. The molecule has 1 aliphatic heterocycles. The van der Waals surface area contributed by atoms with E-state index >= 15 is 0 Å². The third kappa shape index (κ3) is 2.62. The number of anilines is 1. The number of nitrogens with two attached hydrogens (primary N) is 1. The Balaban J connectivity index is 1.62. The first-order valence-corrected chi connectivity index (χ1v) is 7.45. The Morgan fingerprint density at radius 1 is 1.19 bits per heavy atom. The van der Waals surface area contributed by atoms with Crippen LogP contribution < -0.4 is 5.73 Å². The van der Waals surface area contributed by atoms with Crippen molar-refractivity contribution < 1.29 is 9.59 Å². The predicted octanol–water partition coefficient (Wildman–Crippen LogP) is 0.652. The molecule has 2 aromatic heterocycles. The number of piperazine rings is 1. The molecule has 3 N–H and O–H groups in total. The number of H-pyrrole nitrogens is 1. The van der Waals surface area contributed by atoms with Crippen LogP contribution in [0.25, 0.3) is 0 Å². The van der Waals surface area contributed by atoms with E-state index in [2.05, 4.69) is 10.2 Å². The molecule has 0 bridgehead atoms. The molecule has 0 aliphatic carbocycles. The van der Waals surface area contributed by atoms with Gasteiger partial charge in [-0.2, -0.15) is 5.10 Å². The average Bonchev–Trinajstić information content (AvgIpc) is 3.17. The first-order valence-electron chi connectivity index (χ1n) is 6.57. The van der Waals surface area contributed by atoms with Crippen molar-refractivity contribution in [1.82, 2.24) is 20.0 Å². The molecule has 2 aromatic rings. The number of aromatic nitrogens is 2. The van der Waals surface area contributed by atoms with Gasteiger partial charge in [0, 0.05) is 26.2 Å². The minimum Gasteiger partial charge on any atom is -0.396 e. The van der Waals surface area contributed by atoms with Crippen molar-refractivity contribution in [2.45, 2.75) is 0 Å². The Hall–Kier alpha value is -2.35. The molecule has 7 nitrogen and oxygen atoms in total. The van der Waals surface area contributed by atoms with E-state index < -0.39 is 0 Å². The predicted molar refractivity (Wildman–Crippen MR) is 79.1 cm³/mol. The van der Waals surface area contributed by atoms with Gasteiger partial charge in [-0.3, -0.25) is 14.7 Å². The number of aromatic amines is 1. The fourth-order valence-electron chi connectivity index (χ4n) is 2.29. The molecule has 3 heterocycles. The average molecular weight is 305 g/mol. The maximum Gasteiger partial charge on any atom is 0.274 e. The monoisotopic (exact) mass is 305 g/mol. The molecule has 0 radical (unpaired) electrons. The van der Waals surface area contributed by atoms with Gasteiger partial charge in [0.05, 0.1) is 16.8 Å². The lowest BCUT2D eigenvalue weighted by Crippen LogP contribution is -2.50. The summed E-state index contributed by atoms with van der Waals surface area (Å²) in [6, 6.07) is 3.68. The largest absolute Gasteiger partial charge is 0.396 e. The van der Waals surface area contributed by atoms with Gasteiger partial charge in [0.15, 0.2) is 0 Å². The van der Waals surface area contributed by atoms with Crippen LogP contribution in [0.1, 0.15) is 20.2 Å². The second kappa shape index (κ2) is 5.57. The third-order valence-corrected chi connectivity index (χ3v) is 4.33. The van der Waals surface area contributed by atoms with E-state index in [9.17, 15) is 9.59 Å². The van der Waals surface area contributed by atoms with Gasteiger partial charge in [0.2, 0.25) is 0 Å². The van der Waals surface area contributed by atoms with E-state index in [1.54, 1.807) is 9.80 Å². The highest BCUT2D eigenvalue weighted by atomic mass is 32.1. The van der Waals surface area contributed by atoms with Crippen LogP contribution in [-0.4, -0.2) is 58.0 Å². The molecule has 21 heavy (non-hydrogen) atoms. The Morgan fingerprint density at radius 2 is 1.86 bits per heavy atom. The lowest BCUT2D eigenvalue weighted by molar-refractivity contribution is 0.0535. The highest BCUT2D eigenvalue weighted by Crippen LogP contribution is 2.16. The summed E-state index contributed by atoms with van der Waals surface area (Å²) in [5.74, 6) is -0.147. The van der Waals surface area contributed by atoms with Gasteiger partial charge in [-0.05, 0) is 11.4 Å².